The molecule has 0 aliphatic heterocycles. The molecule has 8 heteroatoms. The number of aromatic amines is 1. The summed E-state index contributed by atoms with van der Waals surface area (Å²) in [4.78, 5) is 11.9. The van der Waals surface area contributed by atoms with Crippen LogP contribution in [0.2, 0.25) is 0 Å². The molecule has 0 radical (unpaired) electrons. The molecule has 0 spiro atoms. The number of nitrogens with zero attached hydrogens (tertiary/aromatic N) is 2. The molecule has 0 saturated carbocycles. The quantitative estimate of drug-likeness (QED) is 0.385. The number of hydrogen-bond acceptors (Lipinski definition) is 5. The number of nitrogens with one attached hydrogen (secondary N) is 1. The molecule has 3 rings (SSSR count). The molecule has 134 valence electrons. The fraction of sp³-hybridized carbons (Fsp3) is 0.333. The molecule has 1 aromatic carbocycles. The Morgan fingerprint density at radius 1 is 1.27 bits per heavy atom. The maximum absolute atomic E-state index is 12.7. The molecule has 3 aromatic rings. The van der Waals surface area contributed by atoms with Crippen LogP contribution in [0, 0.1) is 6.92 Å². The summed E-state index contributed by atoms with van der Waals surface area (Å²) in [5, 5.41) is 0.456. The van der Waals surface area contributed by atoms with Crippen LogP contribution in [0.3, 0.4) is 0 Å². The monoisotopic (exact) mass is 383 g/mol. The minimum absolute atomic E-state index is 0. The first kappa shape index (κ1) is 21.2. The van der Waals surface area contributed by atoms with E-state index in [2.05, 4.69) is 15.0 Å². The summed E-state index contributed by atoms with van der Waals surface area (Å²) in [7, 11) is 1.61. The fourth-order valence-corrected chi connectivity index (χ4v) is 3.60. The summed E-state index contributed by atoms with van der Waals surface area (Å²) in [5.74, 6) is 0.965. The Balaban J connectivity index is 0.00000243. The van der Waals surface area contributed by atoms with Crippen LogP contribution in [0.4, 0.5) is 0 Å². The van der Waals surface area contributed by atoms with E-state index in [9.17, 15) is 4.55 Å². The van der Waals surface area contributed by atoms with Gasteiger partial charge in [-0.25, -0.2) is 0 Å². The van der Waals surface area contributed by atoms with Gasteiger partial charge in [0, 0.05) is 36.5 Å². The third-order valence-corrected chi connectivity index (χ3v) is 5.12. The van der Waals surface area contributed by atoms with Gasteiger partial charge in [-0.05, 0) is 25.1 Å². The van der Waals surface area contributed by atoms with Gasteiger partial charge in [-0.1, -0.05) is 19.1 Å². The first-order chi connectivity index (χ1) is 12.1. The molecule has 0 saturated heterocycles. The number of benzene rings is 1. The average Bonchev–Trinajstić information content (AvgIpc) is 3.07. The van der Waals surface area contributed by atoms with Crippen molar-refractivity contribution in [2.24, 2.45) is 0 Å². The average molecular weight is 383 g/mol. The first-order valence-corrected chi connectivity index (χ1v) is 9.41. The second-order valence-corrected chi connectivity index (χ2v) is 6.99. The number of para-hydroxylation sites is 2. The van der Waals surface area contributed by atoms with Crippen molar-refractivity contribution >= 4 is 51.8 Å². The Hall–Kier alpha value is -1.09. The Kier molecular flexibility index (Phi) is 7.94. The molecular formula is C18H22N3NaO3S. The molecule has 0 aliphatic rings. The van der Waals surface area contributed by atoms with Gasteiger partial charge in [0.1, 0.15) is 5.75 Å². The fourth-order valence-electron chi connectivity index (χ4n) is 2.50. The van der Waals surface area contributed by atoms with E-state index in [4.69, 9.17) is 9.47 Å². The minimum atomic E-state index is -1.32. The molecule has 0 aliphatic carbocycles. The number of H-pyrrole nitrogens is 1. The van der Waals surface area contributed by atoms with E-state index < -0.39 is 11.2 Å². The first-order valence-electron chi connectivity index (χ1n) is 8.09. The molecule has 0 amide bonds. The third-order valence-electron chi connectivity index (χ3n) is 3.96. The van der Waals surface area contributed by atoms with E-state index in [0.29, 0.717) is 10.9 Å². The molecule has 2 heterocycles. The molecule has 2 aromatic heterocycles. The Labute approximate surface area is 178 Å². The predicted molar refractivity (Wildman–Crippen MR) is 104 cm³/mol. The topological polar surface area (TPSA) is 83.1 Å². The van der Waals surface area contributed by atoms with Crippen molar-refractivity contribution in [3.05, 3.63) is 47.8 Å². The number of ether oxygens (including phenoxy) is 2. The van der Waals surface area contributed by atoms with E-state index in [1.165, 1.54) is 0 Å². The molecule has 1 N–H and O–H groups in total. The van der Waals surface area contributed by atoms with Crippen molar-refractivity contribution in [3.8, 4) is 5.75 Å². The summed E-state index contributed by atoms with van der Waals surface area (Å²) in [5.41, 5.74) is 3.27. The molecule has 0 fully saturated rings. The Bertz CT molecular complexity index is 822. The van der Waals surface area contributed by atoms with Crippen molar-refractivity contribution in [1.29, 1.82) is 0 Å². The van der Waals surface area contributed by atoms with Crippen LogP contribution < -0.4 is 4.74 Å². The Morgan fingerprint density at radius 3 is 2.73 bits per heavy atom. The summed E-state index contributed by atoms with van der Waals surface area (Å²) >= 11 is -1.32. The van der Waals surface area contributed by atoms with Crippen LogP contribution in [-0.4, -0.2) is 62.5 Å². The molecule has 2 atom stereocenters. The van der Waals surface area contributed by atoms with E-state index in [1.807, 2.05) is 38.1 Å². The van der Waals surface area contributed by atoms with E-state index in [0.717, 1.165) is 28.7 Å². The zero-order valence-corrected chi connectivity index (χ0v) is 15.3. The zero-order chi connectivity index (χ0) is 17.8. The van der Waals surface area contributed by atoms with Crippen molar-refractivity contribution < 1.29 is 14.0 Å². The van der Waals surface area contributed by atoms with Gasteiger partial charge < -0.3 is 14.0 Å². The summed E-state index contributed by atoms with van der Waals surface area (Å²) < 4.78 is 23.8. The number of rotatable bonds is 7. The second-order valence-electron chi connectivity index (χ2n) is 5.62. The van der Waals surface area contributed by atoms with Crippen LogP contribution in [0.1, 0.15) is 24.6 Å². The summed E-state index contributed by atoms with van der Waals surface area (Å²) in [6.07, 6.45) is 2.09. The third kappa shape index (κ3) is 4.79. The predicted octanol–water partition coefficient (Wildman–Crippen LogP) is 2.69. The van der Waals surface area contributed by atoms with Gasteiger partial charge in [0.25, 0.3) is 0 Å². The van der Waals surface area contributed by atoms with Crippen molar-refractivity contribution in [1.82, 2.24) is 15.0 Å². The number of aromatic nitrogens is 3. The van der Waals surface area contributed by atoms with Gasteiger partial charge in [-0.2, -0.15) is 4.98 Å². The number of pyridine rings is 1. The maximum atomic E-state index is 12.7. The van der Waals surface area contributed by atoms with Crippen LogP contribution >= 0.6 is 0 Å². The summed E-state index contributed by atoms with van der Waals surface area (Å²) in [6.45, 7) is 3.90. The summed E-state index contributed by atoms with van der Waals surface area (Å²) in [6, 6.07) is 9.42. The molecule has 6 nitrogen and oxygen atoms in total. The zero-order valence-electron chi connectivity index (χ0n) is 14.5. The SMILES string of the molecule is CCC(OC)Oc1ccnc(C[S+]([O-])c2nc3ccccc3[nH]2)c1C.[NaH]. The van der Waals surface area contributed by atoms with Gasteiger partial charge in [-0.15, -0.1) is 0 Å². The van der Waals surface area contributed by atoms with Crippen molar-refractivity contribution in [2.75, 3.05) is 7.11 Å². The van der Waals surface area contributed by atoms with E-state index in [1.54, 1.807) is 19.4 Å². The number of fused-ring (bicyclic) bond motifs is 1. The number of hydrogen-bond donors (Lipinski definition) is 1. The molecule has 2 unspecified atom stereocenters. The van der Waals surface area contributed by atoms with Crippen LogP contribution in [0.25, 0.3) is 11.0 Å². The van der Waals surface area contributed by atoms with Gasteiger partial charge in [0.15, 0.2) is 12.0 Å². The van der Waals surface area contributed by atoms with E-state index >= 15 is 0 Å². The van der Waals surface area contributed by atoms with Crippen LogP contribution in [-0.2, 0) is 21.7 Å². The second kappa shape index (κ2) is 9.73. The van der Waals surface area contributed by atoms with Crippen molar-refractivity contribution in [2.45, 2.75) is 37.5 Å². The van der Waals surface area contributed by atoms with Gasteiger partial charge in [0.2, 0.25) is 0 Å². The molecular weight excluding hydrogens is 361 g/mol. The van der Waals surface area contributed by atoms with E-state index in [-0.39, 0.29) is 41.6 Å². The van der Waals surface area contributed by atoms with Crippen molar-refractivity contribution in [3.63, 3.8) is 0 Å². The van der Waals surface area contributed by atoms with Gasteiger partial charge in [0.05, 0.1) is 16.7 Å². The standard InChI is InChI=1S/C18H21N3O3S.Na.H/c1-4-17(23-3)24-16-9-10-19-15(12(16)2)11-25(22)18-20-13-7-5-6-8-14(13)21-18;;/h5-10,17H,4,11H2,1-3H3,(H,20,21);;. The molecule has 26 heavy (non-hydrogen) atoms. The molecule has 0 bridgehead atoms. The number of imidazole rings is 1. The van der Waals surface area contributed by atoms with Gasteiger partial charge >= 0.3 is 34.7 Å². The van der Waals surface area contributed by atoms with Gasteiger partial charge in [-0.3, -0.25) is 9.97 Å². The van der Waals surface area contributed by atoms with Crippen LogP contribution in [0.15, 0.2) is 41.7 Å². The Morgan fingerprint density at radius 2 is 2.04 bits per heavy atom. The number of methoxy groups -OCH3 is 1. The normalized spacial score (nSPS) is 13.2. The van der Waals surface area contributed by atoms with Crippen LogP contribution in [0.5, 0.6) is 5.75 Å².